The predicted octanol–water partition coefficient (Wildman–Crippen LogP) is 3.32. The molecule has 20 heavy (non-hydrogen) atoms. The molecular formula is C16H31NO3. The monoisotopic (exact) mass is 285 g/mol. The molecule has 0 aromatic rings. The van der Waals surface area contributed by atoms with Gasteiger partial charge in [0, 0.05) is 6.42 Å². The summed E-state index contributed by atoms with van der Waals surface area (Å²) in [6, 6.07) is 0. The number of imide groups is 1. The lowest BCUT2D eigenvalue weighted by Gasteiger charge is -2.03. The van der Waals surface area contributed by atoms with Gasteiger partial charge in [-0.1, -0.05) is 71.1 Å². The first-order valence-electron chi connectivity index (χ1n) is 8.14. The summed E-state index contributed by atoms with van der Waals surface area (Å²) in [5, 5.41) is 10.6. The van der Waals surface area contributed by atoms with Gasteiger partial charge in [0.2, 0.25) is 5.91 Å². The zero-order valence-corrected chi connectivity index (χ0v) is 13.0. The van der Waals surface area contributed by atoms with Crippen molar-refractivity contribution in [3.63, 3.8) is 0 Å². The third kappa shape index (κ3) is 13.5. The lowest BCUT2D eigenvalue weighted by atomic mass is 10.1. The lowest BCUT2D eigenvalue weighted by Crippen LogP contribution is -2.32. The van der Waals surface area contributed by atoms with Gasteiger partial charge in [0.15, 0.2) is 0 Å². The summed E-state index contributed by atoms with van der Waals surface area (Å²) in [5.74, 6) is -0.891. The van der Waals surface area contributed by atoms with E-state index in [0.717, 1.165) is 19.3 Å². The Morgan fingerprint density at radius 1 is 0.750 bits per heavy atom. The number of hydrogen-bond acceptors (Lipinski definition) is 3. The van der Waals surface area contributed by atoms with Crippen molar-refractivity contribution >= 4 is 11.8 Å². The number of rotatable bonds is 13. The van der Waals surface area contributed by atoms with Crippen molar-refractivity contribution in [1.82, 2.24) is 5.32 Å². The first kappa shape index (κ1) is 19.1. The fourth-order valence-electron chi connectivity index (χ4n) is 2.21. The number of unbranched alkanes of at least 4 members (excludes halogenated alkanes) is 10. The summed E-state index contributed by atoms with van der Waals surface area (Å²) < 4.78 is 0. The zero-order valence-electron chi connectivity index (χ0n) is 13.0. The summed E-state index contributed by atoms with van der Waals surface area (Å²) in [5.41, 5.74) is 0. The summed E-state index contributed by atoms with van der Waals surface area (Å²) in [6.07, 6.45) is 14.0. The molecule has 2 amide bonds. The topological polar surface area (TPSA) is 66.4 Å². The van der Waals surface area contributed by atoms with Crippen molar-refractivity contribution in [3.05, 3.63) is 0 Å². The third-order valence-electron chi connectivity index (χ3n) is 3.43. The van der Waals surface area contributed by atoms with Crippen LogP contribution < -0.4 is 5.32 Å². The lowest BCUT2D eigenvalue weighted by molar-refractivity contribution is -0.132. The standard InChI is InChI=1S/C16H31NO3/c1-2-3-4-5-6-7-8-9-10-11-12-13-15(19)17-16(20)14-18/h18H,2-14H2,1H3,(H,17,19,20). The molecule has 0 bridgehead atoms. The average Bonchev–Trinajstić information content (AvgIpc) is 2.44. The van der Waals surface area contributed by atoms with Gasteiger partial charge in [-0.3, -0.25) is 14.9 Å². The highest BCUT2D eigenvalue weighted by Crippen LogP contribution is 2.11. The second kappa shape index (κ2) is 14.5. The van der Waals surface area contributed by atoms with E-state index in [2.05, 4.69) is 12.2 Å². The van der Waals surface area contributed by atoms with E-state index in [1.165, 1.54) is 51.4 Å². The first-order chi connectivity index (χ1) is 9.70. The van der Waals surface area contributed by atoms with Crippen molar-refractivity contribution in [3.8, 4) is 0 Å². The maximum Gasteiger partial charge on any atom is 0.252 e. The average molecular weight is 285 g/mol. The fourth-order valence-corrected chi connectivity index (χ4v) is 2.21. The highest BCUT2D eigenvalue weighted by Gasteiger charge is 2.05. The van der Waals surface area contributed by atoms with Crippen molar-refractivity contribution in [1.29, 1.82) is 0 Å². The Kier molecular flexibility index (Phi) is 13.9. The van der Waals surface area contributed by atoms with Crippen molar-refractivity contribution < 1.29 is 14.7 Å². The van der Waals surface area contributed by atoms with Gasteiger partial charge in [-0.25, -0.2) is 0 Å². The normalized spacial score (nSPS) is 10.5. The Morgan fingerprint density at radius 2 is 1.20 bits per heavy atom. The molecule has 0 aliphatic rings. The molecule has 0 radical (unpaired) electrons. The highest BCUT2D eigenvalue weighted by atomic mass is 16.3. The summed E-state index contributed by atoms with van der Waals surface area (Å²) in [7, 11) is 0. The fraction of sp³-hybridized carbons (Fsp3) is 0.875. The van der Waals surface area contributed by atoms with Gasteiger partial charge in [-0.2, -0.15) is 0 Å². The second-order valence-corrected chi connectivity index (χ2v) is 5.42. The Balaban J connectivity index is 3.16. The van der Waals surface area contributed by atoms with Gasteiger partial charge >= 0.3 is 0 Å². The molecule has 2 N–H and O–H groups in total. The second-order valence-electron chi connectivity index (χ2n) is 5.42. The van der Waals surface area contributed by atoms with Crippen LogP contribution in [0.15, 0.2) is 0 Å². The number of nitrogens with one attached hydrogen (secondary N) is 1. The van der Waals surface area contributed by atoms with E-state index < -0.39 is 12.5 Å². The number of carbonyl (C=O) groups is 2. The van der Waals surface area contributed by atoms with Crippen molar-refractivity contribution in [2.75, 3.05) is 6.61 Å². The van der Waals surface area contributed by atoms with Crippen molar-refractivity contribution in [2.45, 2.75) is 84.0 Å². The predicted molar refractivity (Wildman–Crippen MR) is 81.3 cm³/mol. The molecule has 0 saturated heterocycles. The summed E-state index contributed by atoms with van der Waals surface area (Å²) in [4.78, 5) is 22.0. The van der Waals surface area contributed by atoms with E-state index in [0.29, 0.717) is 6.42 Å². The number of hydrogen-bond donors (Lipinski definition) is 2. The minimum absolute atomic E-state index is 0.278. The molecule has 0 aliphatic carbocycles. The van der Waals surface area contributed by atoms with Crippen LogP contribution in [-0.4, -0.2) is 23.5 Å². The molecule has 0 unspecified atom stereocenters. The van der Waals surface area contributed by atoms with Crippen LogP contribution in [0, 0.1) is 0 Å². The third-order valence-corrected chi connectivity index (χ3v) is 3.43. The Morgan fingerprint density at radius 3 is 1.65 bits per heavy atom. The molecule has 0 saturated carbocycles. The van der Waals surface area contributed by atoms with Crippen LogP contribution in [0.2, 0.25) is 0 Å². The van der Waals surface area contributed by atoms with E-state index in [1.54, 1.807) is 0 Å². The molecule has 118 valence electrons. The molecule has 0 aliphatic heterocycles. The molecule has 0 rings (SSSR count). The number of aliphatic hydroxyl groups excluding tert-OH is 1. The zero-order chi connectivity index (χ0) is 15.1. The van der Waals surface area contributed by atoms with Gasteiger partial charge in [0.05, 0.1) is 0 Å². The van der Waals surface area contributed by atoms with Crippen molar-refractivity contribution in [2.24, 2.45) is 0 Å². The minimum atomic E-state index is -0.621. The van der Waals surface area contributed by atoms with E-state index in [9.17, 15) is 9.59 Å². The molecule has 0 heterocycles. The maximum absolute atomic E-state index is 11.2. The van der Waals surface area contributed by atoms with Crippen LogP contribution in [0.1, 0.15) is 84.0 Å². The maximum atomic E-state index is 11.2. The molecular weight excluding hydrogens is 254 g/mol. The van der Waals surface area contributed by atoms with Gasteiger partial charge in [-0.05, 0) is 6.42 Å². The largest absolute Gasteiger partial charge is 0.387 e. The van der Waals surface area contributed by atoms with Crippen LogP contribution in [0.25, 0.3) is 0 Å². The van der Waals surface area contributed by atoms with Crippen LogP contribution >= 0.6 is 0 Å². The van der Waals surface area contributed by atoms with Gasteiger partial charge in [-0.15, -0.1) is 0 Å². The molecule has 0 aromatic carbocycles. The molecule has 0 atom stereocenters. The number of aliphatic hydroxyl groups is 1. The Bertz CT molecular complexity index is 254. The van der Waals surface area contributed by atoms with Gasteiger partial charge in [0.25, 0.3) is 5.91 Å². The van der Waals surface area contributed by atoms with E-state index >= 15 is 0 Å². The first-order valence-corrected chi connectivity index (χ1v) is 8.14. The van der Waals surface area contributed by atoms with E-state index in [1.807, 2.05) is 0 Å². The van der Waals surface area contributed by atoms with Crippen LogP contribution in [-0.2, 0) is 9.59 Å². The molecule has 0 spiro atoms. The van der Waals surface area contributed by atoms with Crippen LogP contribution in [0.4, 0.5) is 0 Å². The highest BCUT2D eigenvalue weighted by molar-refractivity contribution is 5.95. The Labute approximate surface area is 123 Å². The molecule has 4 nitrogen and oxygen atoms in total. The summed E-state index contributed by atoms with van der Waals surface area (Å²) in [6.45, 7) is 1.62. The molecule has 4 heteroatoms. The quantitative estimate of drug-likeness (QED) is 0.510. The minimum Gasteiger partial charge on any atom is -0.387 e. The smallest absolute Gasteiger partial charge is 0.252 e. The van der Waals surface area contributed by atoms with E-state index in [4.69, 9.17) is 5.11 Å². The summed E-state index contributed by atoms with van der Waals surface area (Å²) >= 11 is 0. The van der Waals surface area contributed by atoms with E-state index in [-0.39, 0.29) is 5.91 Å². The van der Waals surface area contributed by atoms with Crippen LogP contribution in [0.3, 0.4) is 0 Å². The number of carbonyl (C=O) groups excluding carboxylic acids is 2. The molecule has 0 fully saturated rings. The molecule has 0 aromatic heterocycles. The Hall–Kier alpha value is -0.900. The van der Waals surface area contributed by atoms with Gasteiger partial charge in [0.1, 0.15) is 6.61 Å². The number of amides is 2. The van der Waals surface area contributed by atoms with Crippen LogP contribution in [0.5, 0.6) is 0 Å². The van der Waals surface area contributed by atoms with Gasteiger partial charge < -0.3 is 5.11 Å². The SMILES string of the molecule is CCCCCCCCCCCCCC(=O)NC(=O)CO.